The smallest absolute Gasteiger partial charge is 0.338 e. The molecule has 0 amide bonds. The van der Waals surface area contributed by atoms with Crippen molar-refractivity contribution in [1.82, 2.24) is 0 Å². The fourth-order valence-corrected chi connectivity index (χ4v) is 1.16. The van der Waals surface area contributed by atoms with E-state index in [1.807, 2.05) is 0 Å². The minimum absolute atomic E-state index is 0.0716. The van der Waals surface area contributed by atoms with Crippen molar-refractivity contribution in [2.75, 3.05) is 14.2 Å². The maximum atomic E-state index is 11.3. The van der Waals surface area contributed by atoms with Crippen molar-refractivity contribution >= 4 is 17.4 Å². The molecule has 7 nitrogen and oxygen atoms in total. The highest BCUT2D eigenvalue weighted by atomic mass is 16.5. The van der Waals surface area contributed by atoms with Gasteiger partial charge in [0, 0.05) is 0 Å². The van der Waals surface area contributed by atoms with Crippen molar-refractivity contribution in [2.24, 2.45) is 10.3 Å². The van der Waals surface area contributed by atoms with Gasteiger partial charge in [0.05, 0.1) is 19.8 Å². The number of carbonyl (C=O) groups is 1. The summed E-state index contributed by atoms with van der Waals surface area (Å²) < 4.78 is 9.38. The van der Waals surface area contributed by atoms with Crippen LogP contribution in [0.4, 0.5) is 0 Å². The minimum Gasteiger partial charge on any atom is -0.494 e. The maximum Gasteiger partial charge on any atom is 0.338 e. The van der Waals surface area contributed by atoms with Crippen molar-refractivity contribution in [3.8, 4) is 0 Å². The Morgan fingerprint density at radius 1 is 1.25 bits per heavy atom. The zero-order valence-corrected chi connectivity index (χ0v) is 8.67. The van der Waals surface area contributed by atoms with E-state index < -0.39 is 5.97 Å². The van der Waals surface area contributed by atoms with Crippen molar-refractivity contribution in [3.63, 3.8) is 0 Å². The van der Waals surface area contributed by atoms with Crippen LogP contribution in [0.15, 0.2) is 33.8 Å². The Bertz CT molecular complexity index is 420. The Morgan fingerprint density at radius 2 is 1.94 bits per heavy atom. The Hall–Kier alpha value is -2.31. The van der Waals surface area contributed by atoms with Gasteiger partial charge < -0.3 is 19.9 Å². The number of oxime groups is 2. The first-order chi connectivity index (χ1) is 7.67. The Kier molecular flexibility index (Phi) is 3.65. The number of allylic oxidation sites excluding steroid dienone is 2. The topological polar surface area (TPSA) is 101 Å². The predicted octanol–water partition coefficient (Wildman–Crippen LogP) is 0.290. The van der Waals surface area contributed by atoms with E-state index in [2.05, 4.69) is 15.0 Å². The summed E-state index contributed by atoms with van der Waals surface area (Å²) in [5, 5.41) is 23.2. The molecule has 0 aliphatic heterocycles. The monoisotopic (exact) mass is 226 g/mol. The minimum atomic E-state index is -0.618. The summed E-state index contributed by atoms with van der Waals surface area (Å²) in [5.41, 5.74) is -0.0422. The van der Waals surface area contributed by atoms with E-state index in [1.165, 1.54) is 26.4 Å². The molecule has 0 atom stereocenters. The van der Waals surface area contributed by atoms with Gasteiger partial charge in [0.1, 0.15) is 5.71 Å². The molecule has 16 heavy (non-hydrogen) atoms. The Morgan fingerprint density at radius 3 is 2.38 bits per heavy atom. The van der Waals surface area contributed by atoms with Crippen LogP contribution in [0.2, 0.25) is 0 Å². The third kappa shape index (κ3) is 2.02. The van der Waals surface area contributed by atoms with Crippen molar-refractivity contribution in [3.05, 3.63) is 23.5 Å². The van der Waals surface area contributed by atoms with Crippen LogP contribution in [0.1, 0.15) is 0 Å². The molecule has 0 radical (unpaired) electrons. The number of rotatable bonds is 2. The number of methoxy groups -OCH3 is 2. The lowest BCUT2D eigenvalue weighted by molar-refractivity contribution is -0.135. The van der Waals surface area contributed by atoms with Crippen molar-refractivity contribution < 1.29 is 24.7 Å². The largest absolute Gasteiger partial charge is 0.494 e. The maximum absolute atomic E-state index is 11.3. The van der Waals surface area contributed by atoms with E-state index in [1.54, 1.807) is 0 Å². The van der Waals surface area contributed by atoms with Crippen LogP contribution in [0.25, 0.3) is 0 Å². The second kappa shape index (κ2) is 4.96. The van der Waals surface area contributed by atoms with Crippen LogP contribution in [0.3, 0.4) is 0 Å². The van der Waals surface area contributed by atoms with Gasteiger partial charge in [-0.3, -0.25) is 0 Å². The highest BCUT2D eigenvalue weighted by Gasteiger charge is 2.24. The lowest BCUT2D eigenvalue weighted by atomic mass is 10.0. The van der Waals surface area contributed by atoms with Gasteiger partial charge in [0.25, 0.3) is 0 Å². The third-order valence-electron chi connectivity index (χ3n) is 1.90. The molecule has 0 aromatic carbocycles. The summed E-state index contributed by atoms with van der Waals surface area (Å²) in [6.07, 6.45) is 2.53. The zero-order valence-electron chi connectivity index (χ0n) is 8.67. The first-order valence-corrected chi connectivity index (χ1v) is 4.18. The van der Waals surface area contributed by atoms with Gasteiger partial charge in [-0.25, -0.2) is 4.79 Å². The second-order valence-corrected chi connectivity index (χ2v) is 2.74. The zero-order chi connectivity index (χ0) is 12.1. The Labute approximate surface area is 90.9 Å². The van der Waals surface area contributed by atoms with E-state index >= 15 is 0 Å². The van der Waals surface area contributed by atoms with Crippen LogP contribution in [0, 0.1) is 0 Å². The molecule has 0 aromatic heterocycles. The van der Waals surface area contributed by atoms with Gasteiger partial charge in [-0.15, -0.1) is 0 Å². The van der Waals surface area contributed by atoms with E-state index in [-0.39, 0.29) is 22.8 Å². The fourth-order valence-electron chi connectivity index (χ4n) is 1.16. The molecule has 1 rings (SSSR count). The fraction of sp³-hybridized carbons (Fsp3) is 0.222. The van der Waals surface area contributed by atoms with Crippen LogP contribution in [-0.4, -0.2) is 42.0 Å². The normalized spacial score (nSPS) is 20.4. The lowest BCUT2D eigenvalue weighted by Crippen LogP contribution is -2.22. The van der Waals surface area contributed by atoms with E-state index in [0.717, 1.165) is 0 Å². The number of esters is 1. The van der Waals surface area contributed by atoms with Crippen molar-refractivity contribution in [1.29, 1.82) is 0 Å². The highest BCUT2D eigenvalue weighted by Crippen LogP contribution is 2.15. The first-order valence-electron chi connectivity index (χ1n) is 4.18. The highest BCUT2D eigenvalue weighted by molar-refractivity contribution is 6.52. The lowest BCUT2D eigenvalue weighted by Gasteiger charge is -2.13. The third-order valence-corrected chi connectivity index (χ3v) is 1.90. The quantitative estimate of drug-likeness (QED) is 0.305. The molecule has 0 spiro atoms. The molecule has 2 N–H and O–H groups in total. The van der Waals surface area contributed by atoms with Crippen molar-refractivity contribution in [2.45, 2.75) is 0 Å². The molecule has 1 aliphatic carbocycles. The second-order valence-electron chi connectivity index (χ2n) is 2.74. The number of carbonyl (C=O) groups excluding carboxylic acids is 1. The molecule has 1 aliphatic rings. The standard InChI is InChI=1S/C9H10N2O5/c1-15-7-4-5(9(12)16-2)3-6(10-13)8(7)11-14/h3-4,13-14H,1-2H3/b10-6+,11-8+. The summed E-state index contributed by atoms with van der Waals surface area (Å²) in [5.74, 6) is -0.522. The summed E-state index contributed by atoms with van der Waals surface area (Å²) in [4.78, 5) is 11.3. The van der Waals surface area contributed by atoms with E-state index in [9.17, 15) is 4.79 Å². The molecule has 0 heterocycles. The summed E-state index contributed by atoms with van der Waals surface area (Å²) in [7, 11) is 2.54. The molecular formula is C9H10N2O5. The number of hydrogen-bond acceptors (Lipinski definition) is 7. The number of ether oxygens (including phenoxy) is 2. The number of hydrogen-bond donors (Lipinski definition) is 2. The molecule has 0 aromatic rings. The van der Waals surface area contributed by atoms with Crippen LogP contribution < -0.4 is 0 Å². The Balaban J connectivity index is 3.23. The van der Waals surface area contributed by atoms with Crippen LogP contribution >= 0.6 is 0 Å². The van der Waals surface area contributed by atoms with Gasteiger partial charge in [-0.2, -0.15) is 0 Å². The molecular weight excluding hydrogens is 216 g/mol. The van der Waals surface area contributed by atoms with E-state index in [0.29, 0.717) is 0 Å². The molecule has 7 heteroatoms. The molecule has 0 bridgehead atoms. The average molecular weight is 226 g/mol. The molecule has 0 fully saturated rings. The van der Waals surface area contributed by atoms with E-state index in [4.69, 9.17) is 15.2 Å². The predicted molar refractivity (Wildman–Crippen MR) is 53.6 cm³/mol. The van der Waals surface area contributed by atoms with Gasteiger partial charge in [0.2, 0.25) is 0 Å². The summed E-state index contributed by atoms with van der Waals surface area (Å²) in [6, 6.07) is 0. The molecule has 0 saturated carbocycles. The average Bonchev–Trinajstić information content (AvgIpc) is 2.35. The summed E-state index contributed by atoms with van der Waals surface area (Å²) >= 11 is 0. The van der Waals surface area contributed by atoms with Crippen LogP contribution in [-0.2, 0) is 14.3 Å². The van der Waals surface area contributed by atoms with Gasteiger partial charge in [-0.05, 0) is 12.2 Å². The summed E-state index contributed by atoms with van der Waals surface area (Å²) in [6.45, 7) is 0. The molecule has 0 saturated heterocycles. The molecule has 86 valence electrons. The van der Waals surface area contributed by atoms with Crippen LogP contribution in [0.5, 0.6) is 0 Å². The van der Waals surface area contributed by atoms with Gasteiger partial charge in [0.15, 0.2) is 11.5 Å². The van der Waals surface area contributed by atoms with Gasteiger partial charge in [-0.1, -0.05) is 10.3 Å². The molecule has 0 unspecified atom stereocenters. The first kappa shape index (κ1) is 11.8. The SMILES string of the molecule is COC(=O)C1=CC(=N\O)/C(=N\O)C(OC)=C1. The van der Waals surface area contributed by atoms with Gasteiger partial charge >= 0.3 is 5.97 Å². The number of nitrogens with zero attached hydrogens (tertiary/aromatic N) is 2.